The molecule has 19 heavy (non-hydrogen) atoms. The highest BCUT2D eigenvalue weighted by Crippen LogP contribution is 2.34. The lowest BCUT2D eigenvalue weighted by Crippen LogP contribution is -2.07. The highest BCUT2D eigenvalue weighted by molar-refractivity contribution is 5.72. The Morgan fingerprint density at radius 3 is 2.47 bits per heavy atom. The van der Waals surface area contributed by atoms with Crippen LogP contribution in [0.1, 0.15) is 25.5 Å². The number of benzene rings is 1. The van der Waals surface area contributed by atoms with E-state index < -0.39 is 11.7 Å². The Morgan fingerprint density at radius 2 is 1.95 bits per heavy atom. The van der Waals surface area contributed by atoms with E-state index in [4.69, 9.17) is 5.73 Å². The fourth-order valence-corrected chi connectivity index (χ4v) is 1.76. The topological polar surface area (TPSA) is 56.7 Å². The lowest BCUT2D eigenvalue weighted by Gasteiger charge is -2.13. The molecule has 4 nitrogen and oxygen atoms in total. The molecular weight excluding hydrogens is 257 g/mol. The number of rotatable bonds is 2. The van der Waals surface area contributed by atoms with E-state index in [1.807, 2.05) is 13.8 Å². The van der Waals surface area contributed by atoms with Gasteiger partial charge >= 0.3 is 6.18 Å². The molecule has 0 unspecified atom stereocenters. The lowest BCUT2D eigenvalue weighted by molar-refractivity contribution is -0.137. The number of alkyl halides is 3. The number of nitrogens with two attached hydrogens (primary N) is 1. The van der Waals surface area contributed by atoms with Crippen LogP contribution in [0.5, 0.6) is 0 Å². The predicted molar refractivity (Wildman–Crippen MR) is 65.3 cm³/mol. The van der Waals surface area contributed by atoms with E-state index >= 15 is 0 Å². The Morgan fingerprint density at radius 1 is 1.26 bits per heavy atom. The Balaban J connectivity index is 2.50. The van der Waals surface area contributed by atoms with Crippen LogP contribution in [0.2, 0.25) is 0 Å². The van der Waals surface area contributed by atoms with Crippen LogP contribution in [-0.4, -0.2) is 14.8 Å². The fraction of sp³-hybridized carbons (Fsp3) is 0.333. The Labute approximate surface area is 108 Å². The van der Waals surface area contributed by atoms with Gasteiger partial charge in [-0.3, -0.25) is 0 Å². The molecule has 0 saturated heterocycles. The second kappa shape index (κ2) is 4.56. The van der Waals surface area contributed by atoms with E-state index in [0.29, 0.717) is 11.4 Å². The molecule has 0 radical (unpaired) electrons. The van der Waals surface area contributed by atoms with E-state index in [1.165, 1.54) is 12.4 Å². The summed E-state index contributed by atoms with van der Waals surface area (Å²) in [6.07, 6.45) is -2.88. The van der Waals surface area contributed by atoms with Crippen molar-refractivity contribution in [2.75, 3.05) is 5.73 Å². The van der Waals surface area contributed by atoms with Gasteiger partial charge in [0, 0.05) is 17.3 Å². The summed E-state index contributed by atoms with van der Waals surface area (Å²) in [6, 6.07) is 3.31. The zero-order valence-electron chi connectivity index (χ0n) is 10.4. The van der Waals surface area contributed by atoms with E-state index in [9.17, 15) is 13.2 Å². The van der Waals surface area contributed by atoms with Crippen molar-refractivity contribution in [2.45, 2.75) is 26.1 Å². The van der Waals surface area contributed by atoms with E-state index in [2.05, 4.69) is 10.2 Å². The van der Waals surface area contributed by atoms with E-state index in [-0.39, 0.29) is 11.7 Å². The number of nitrogen functional groups attached to an aromatic ring is 1. The first-order chi connectivity index (χ1) is 8.80. The maximum atomic E-state index is 12.6. The maximum Gasteiger partial charge on any atom is 0.416 e. The van der Waals surface area contributed by atoms with Gasteiger partial charge < -0.3 is 10.3 Å². The van der Waals surface area contributed by atoms with Gasteiger partial charge in [0.05, 0.1) is 5.56 Å². The lowest BCUT2D eigenvalue weighted by atomic mass is 10.1. The number of anilines is 1. The average molecular weight is 270 g/mol. The van der Waals surface area contributed by atoms with Crippen LogP contribution in [0.3, 0.4) is 0 Å². The minimum atomic E-state index is -4.40. The van der Waals surface area contributed by atoms with Crippen molar-refractivity contribution in [1.82, 2.24) is 14.8 Å². The number of hydrogen-bond donors (Lipinski definition) is 1. The van der Waals surface area contributed by atoms with Gasteiger partial charge in [-0.25, -0.2) is 0 Å². The van der Waals surface area contributed by atoms with Gasteiger partial charge in [0.1, 0.15) is 6.33 Å². The first kappa shape index (κ1) is 13.4. The summed E-state index contributed by atoms with van der Waals surface area (Å²) in [5.41, 5.74) is 5.40. The minimum Gasteiger partial charge on any atom is -0.398 e. The highest BCUT2D eigenvalue weighted by atomic mass is 19.4. The van der Waals surface area contributed by atoms with Crippen molar-refractivity contribution >= 4 is 5.69 Å². The van der Waals surface area contributed by atoms with Crippen molar-refractivity contribution in [3.8, 4) is 11.4 Å². The molecule has 0 fully saturated rings. The molecule has 0 atom stereocenters. The van der Waals surface area contributed by atoms with Crippen LogP contribution < -0.4 is 5.73 Å². The molecule has 2 aromatic rings. The Hall–Kier alpha value is -2.05. The molecule has 0 saturated carbocycles. The van der Waals surface area contributed by atoms with Gasteiger partial charge in [-0.15, -0.1) is 10.2 Å². The van der Waals surface area contributed by atoms with Crippen LogP contribution in [0.4, 0.5) is 18.9 Å². The Bertz CT molecular complexity index is 587. The molecule has 2 N–H and O–H groups in total. The van der Waals surface area contributed by atoms with Gasteiger partial charge in [-0.05, 0) is 32.0 Å². The standard InChI is InChI=1S/C12H13F3N4/c1-7(2)19-6-17-18-11(19)9-4-3-8(5-10(9)16)12(13,14)15/h3-7H,16H2,1-2H3. The predicted octanol–water partition coefficient (Wildman–Crippen LogP) is 3.13. The Kier molecular flexibility index (Phi) is 3.21. The van der Waals surface area contributed by atoms with Gasteiger partial charge in [0.25, 0.3) is 0 Å². The number of hydrogen-bond acceptors (Lipinski definition) is 3. The summed E-state index contributed by atoms with van der Waals surface area (Å²) < 4.78 is 39.4. The molecule has 1 aromatic heterocycles. The molecule has 1 heterocycles. The van der Waals surface area contributed by atoms with Gasteiger partial charge in [-0.1, -0.05) is 0 Å². The summed E-state index contributed by atoms with van der Waals surface area (Å²) in [7, 11) is 0. The zero-order valence-corrected chi connectivity index (χ0v) is 10.4. The van der Waals surface area contributed by atoms with Crippen molar-refractivity contribution in [3.05, 3.63) is 30.1 Å². The minimum absolute atomic E-state index is 0.0322. The average Bonchev–Trinajstić information content (AvgIpc) is 2.76. The summed E-state index contributed by atoms with van der Waals surface area (Å²) >= 11 is 0. The summed E-state index contributed by atoms with van der Waals surface area (Å²) in [6.45, 7) is 3.85. The number of nitrogens with zero attached hydrogens (tertiary/aromatic N) is 3. The second-order valence-electron chi connectivity index (χ2n) is 4.46. The smallest absolute Gasteiger partial charge is 0.398 e. The second-order valence-corrected chi connectivity index (χ2v) is 4.46. The molecular formula is C12H13F3N4. The monoisotopic (exact) mass is 270 g/mol. The van der Waals surface area contributed by atoms with Crippen molar-refractivity contribution in [3.63, 3.8) is 0 Å². The third-order valence-electron chi connectivity index (χ3n) is 2.75. The molecule has 0 amide bonds. The molecule has 0 aliphatic heterocycles. The van der Waals surface area contributed by atoms with Crippen LogP contribution in [0.25, 0.3) is 11.4 Å². The molecule has 0 spiro atoms. The largest absolute Gasteiger partial charge is 0.416 e. The van der Waals surface area contributed by atoms with Crippen LogP contribution in [0, 0.1) is 0 Å². The van der Waals surface area contributed by atoms with Crippen LogP contribution in [-0.2, 0) is 6.18 Å². The van der Waals surface area contributed by atoms with Crippen molar-refractivity contribution < 1.29 is 13.2 Å². The molecule has 2 rings (SSSR count). The SMILES string of the molecule is CC(C)n1cnnc1-c1ccc(C(F)(F)F)cc1N. The third-order valence-corrected chi connectivity index (χ3v) is 2.75. The highest BCUT2D eigenvalue weighted by Gasteiger charge is 2.31. The zero-order chi connectivity index (χ0) is 14.2. The molecule has 0 aliphatic carbocycles. The van der Waals surface area contributed by atoms with E-state index in [1.54, 1.807) is 4.57 Å². The molecule has 0 bridgehead atoms. The fourth-order valence-electron chi connectivity index (χ4n) is 1.76. The maximum absolute atomic E-state index is 12.6. The molecule has 7 heteroatoms. The normalized spacial score (nSPS) is 12.1. The first-order valence-electron chi connectivity index (χ1n) is 5.67. The molecule has 102 valence electrons. The van der Waals surface area contributed by atoms with Crippen LogP contribution >= 0.6 is 0 Å². The number of aromatic nitrogens is 3. The first-order valence-corrected chi connectivity index (χ1v) is 5.67. The van der Waals surface area contributed by atoms with Gasteiger partial charge in [0.2, 0.25) is 0 Å². The quantitative estimate of drug-likeness (QED) is 0.853. The summed E-state index contributed by atoms with van der Waals surface area (Å²) in [4.78, 5) is 0. The van der Waals surface area contributed by atoms with Gasteiger partial charge in [0.15, 0.2) is 5.82 Å². The van der Waals surface area contributed by atoms with Crippen molar-refractivity contribution in [1.29, 1.82) is 0 Å². The van der Waals surface area contributed by atoms with E-state index in [0.717, 1.165) is 12.1 Å². The summed E-state index contributed by atoms with van der Waals surface area (Å²) in [5, 5.41) is 7.68. The third kappa shape index (κ3) is 2.54. The van der Waals surface area contributed by atoms with Gasteiger partial charge in [-0.2, -0.15) is 13.2 Å². The summed E-state index contributed by atoms with van der Waals surface area (Å²) in [5.74, 6) is 0.459. The van der Waals surface area contributed by atoms with Crippen LogP contribution in [0.15, 0.2) is 24.5 Å². The number of halogens is 3. The van der Waals surface area contributed by atoms with Crippen molar-refractivity contribution in [2.24, 2.45) is 0 Å². The molecule has 1 aromatic carbocycles. The molecule has 0 aliphatic rings.